The van der Waals surface area contributed by atoms with Gasteiger partial charge in [-0.25, -0.2) is 4.68 Å². The molecule has 168 valence electrons. The lowest BCUT2D eigenvalue weighted by Crippen LogP contribution is -2.18. The molecule has 1 aromatic heterocycles. The number of nitrogen functional groups attached to an aromatic ring is 1. The van der Waals surface area contributed by atoms with Crippen molar-refractivity contribution in [1.82, 2.24) is 14.9 Å². The van der Waals surface area contributed by atoms with Crippen molar-refractivity contribution in [3.63, 3.8) is 0 Å². The lowest BCUT2D eigenvalue weighted by Gasteiger charge is -2.20. The molecule has 0 saturated heterocycles. The van der Waals surface area contributed by atoms with E-state index in [2.05, 4.69) is 48.4 Å². The molecule has 32 heavy (non-hydrogen) atoms. The van der Waals surface area contributed by atoms with E-state index in [4.69, 9.17) is 26.9 Å². The number of nitrogens with one attached hydrogen (secondary N) is 1. The highest BCUT2D eigenvalue weighted by molar-refractivity contribution is 7.99. The Hall–Kier alpha value is -2.91. The van der Waals surface area contributed by atoms with Crippen LogP contribution in [0.3, 0.4) is 0 Å². The van der Waals surface area contributed by atoms with Crippen molar-refractivity contribution >= 4 is 35.0 Å². The fraction of sp³-hybridized carbons (Fsp3) is 0.318. The van der Waals surface area contributed by atoms with Crippen LogP contribution in [0.2, 0.25) is 5.02 Å². The average molecular weight is 474 g/mol. The predicted molar refractivity (Wildman–Crippen MR) is 126 cm³/mol. The van der Waals surface area contributed by atoms with Crippen molar-refractivity contribution in [1.29, 1.82) is 0 Å². The second kappa shape index (κ2) is 8.91. The Morgan fingerprint density at radius 1 is 1.16 bits per heavy atom. The fourth-order valence-corrected chi connectivity index (χ4v) is 4.03. The molecule has 1 aliphatic rings. The number of rotatable bonds is 5. The van der Waals surface area contributed by atoms with E-state index in [-0.39, 0.29) is 17.1 Å². The zero-order valence-corrected chi connectivity index (χ0v) is 19.6. The summed E-state index contributed by atoms with van der Waals surface area (Å²) in [6.07, 6.45) is 0. The third kappa shape index (κ3) is 4.78. The second-order valence-corrected chi connectivity index (χ2v) is 9.67. The maximum Gasteiger partial charge on any atom is 0.234 e. The van der Waals surface area contributed by atoms with Crippen molar-refractivity contribution in [2.24, 2.45) is 0 Å². The number of aromatic nitrogens is 3. The predicted octanol–water partition coefficient (Wildman–Crippen LogP) is 4.11. The first-order valence-electron chi connectivity index (χ1n) is 10.1. The second-order valence-electron chi connectivity index (χ2n) is 8.32. The number of amides is 1. The van der Waals surface area contributed by atoms with Gasteiger partial charge in [-0.3, -0.25) is 4.79 Å². The summed E-state index contributed by atoms with van der Waals surface area (Å²) in [5.41, 5.74) is 2.58. The first-order valence-corrected chi connectivity index (χ1v) is 11.4. The molecular weight excluding hydrogens is 450 g/mol. The van der Waals surface area contributed by atoms with Gasteiger partial charge >= 0.3 is 0 Å². The Morgan fingerprint density at radius 3 is 2.47 bits per heavy atom. The number of benzene rings is 2. The van der Waals surface area contributed by atoms with E-state index in [0.717, 1.165) is 5.56 Å². The van der Waals surface area contributed by atoms with Crippen LogP contribution in [-0.4, -0.2) is 39.7 Å². The molecule has 2 aromatic carbocycles. The number of carbonyl (C=O) groups excluding carboxylic acids is 1. The Bertz CT molecular complexity index is 1140. The van der Waals surface area contributed by atoms with Gasteiger partial charge in [-0.2, -0.15) is 0 Å². The molecule has 1 aliphatic heterocycles. The molecule has 4 rings (SSSR count). The SMILES string of the molecule is CC(C)(C)c1ccc(-c2nnc(SCC(=O)Nc3cc4c(cc3Cl)OCCO4)n2N)cc1. The molecule has 10 heteroatoms. The molecule has 0 bridgehead atoms. The van der Waals surface area contributed by atoms with Gasteiger partial charge in [0.05, 0.1) is 16.5 Å². The molecule has 0 unspecified atom stereocenters. The molecule has 1 amide bonds. The molecule has 3 N–H and O–H groups in total. The molecule has 0 radical (unpaired) electrons. The molecule has 0 fully saturated rings. The van der Waals surface area contributed by atoms with Crippen molar-refractivity contribution in [2.45, 2.75) is 31.3 Å². The molecule has 8 nitrogen and oxygen atoms in total. The molecule has 0 aliphatic carbocycles. The number of hydrogen-bond donors (Lipinski definition) is 2. The molecule has 2 heterocycles. The number of thioether (sulfide) groups is 1. The van der Waals surface area contributed by atoms with Gasteiger partial charge in [0, 0.05) is 17.7 Å². The average Bonchev–Trinajstić information content (AvgIpc) is 3.12. The van der Waals surface area contributed by atoms with Gasteiger partial charge < -0.3 is 20.6 Å². The minimum Gasteiger partial charge on any atom is -0.486 e. The van der Waals surface area contributed by atoms with Gasteiger partial charge in [0.2, 0.25) is 11.1 Å². The number of fused-ring (bicyclic) bond motifs is 1. The smallest absolute Gasteiger partial charge is 0.234 e. The number of carbonyl (C=O) groups is 1. The van der Waals surface area contributed by atoms with E-state index >= 15 is 0 Å². The highest BCUT2D eigenvalue weighted by atomic mass is 35.5. The van der Waals surface area contributed by atoms with E-state index in [1.54, 1.807) is 12.1 Å². The molecule has 3 aromatic rings. The van der Waals surface area contributed by atoms with Gasteiger partial charge in [0.1, 0.15) is 13.2 Å². The summed E-state index contributed by atoms with van der Waals surface area (Å²) in [4.78, 5) is 12.5. The van der Waals surface area contributed by atoms with E-state index in [9.17, 15) is 4.79 Å². The van der Waals surface area contributed by atoms with Crippen molar-refractivity contribution in [3.8, 4) is 22.9 Å². The van der Waals surface area contributed by atoms with Crippen LogP contribution in [0, 0.1) is 0 Å². The largest absolute Gasteiger partial charge is 0.486 e. The minimum atomic E-state index is -0.257. The summed E-state index contributed by atoms with van der Waals surface area (Å²) in [6.45, 7) is 7.39. The van der Waals surface area contributed by atoms with E-state index in [1.807, 2.05) is 12.1 Å². The zero-order chi connectivity index (χ0) is 22.9. The topological polar surface area (TPSA) is 104 Å². The third-order valence-corrected chi connectivity index (χ3v) is 6.17. The fourth-order valence-electron chi connectivity index (χ4n) is 3.17. The Labute approximate surface area is 195 Å². The van der Waals surface area contributed by atoms with E-state index in [0.29, 0.717) is 46.4 Å². The number of hydrogen-bond acceptors (Lipinski definition) is 7. The van der Waals surface area contributed by atoms with E-state index < -0.39 is 0 Å². The maximum atomic E-state index is 12.5. The third-order valence-electron chi connectivity index (χ3n) is 4.91. The van der Waals surface area contributed by atoms with Gasteiger partial charge in [-0.05, 0) is 11.0 Å². The molecular formula is C22H24ClN5O3S. The molecule has 0 spiro atoms. The van der Waals surface area contributed by atoms with Crippen LogP contribution in [-0.2, 0) is 10.2 Å². The van der Waals surface area contributed by atoms with E-state index in [1.165, 1.54) is 22.0 Å². The molecule has 0 atom stereocenters. The normalized spacial score (nSPS) is 13.1. The van der Waals surface area contributed by atoms with Crippen LogP contribution in [0.1, 0.15) is 26.3 Å². The lowest BCUT2D eigenvalue weighted by molar-refractivity contribution is -0.113. The first-order chi connectivity index (χ1) is 15.2. The summed E-state index contributed by atoms with van der Waals surface area (Å²) in [5, 5.41) is 11.9. The summed E-state index contributed by atoms with van der Waals surface area (Å²) in [6, 6.07) is 11.3. The standard InChI is InChI=1S/C22H24ClN5O3S/c1-22(2,3)14-6-4-13(5-7-14)20-26-27-21(28(20)24)32-12-19(29)25-16-11-18-17(10-15(16)23)30-8-9-31-18/h4-7,10-11H,8-9,12,24H2,1-3H3,(H,25,29). The van der Waals surface area contributed by atoms with Gasteiger partial charge in [-0.15, -0.1) is 10.2 Å². The van der Waals surface area contributed by atoms with Crippen LogP contribution in [0.4, 0.5) is 5.69 Å². The summed E-state index contributed by atoms with van der Waals surface area (Å²) in [7, 11) is 0. The number of halogens is 1. The van der Waals surface area contributed by atoms with Crippen molar-refractivity contribution < 1.29 is 14.3 Å². The zero-order valence-electron chi connectivity index (χ0n) is 18.0. The van der Waals surface area contributed by atoms with Crippen LogP contribution in [0.25, 0.3) is 11.4 Å². The Kier molecular flexibility index (Phi) is 6.21. The monoisotopic (exact) mass is 473 g/mol. The van der Waals surface area contributed by atoms with Crippen molar-refractivity contribution in [2.75, 3.05) is 30.1 Å². The first kappa shape index (κ1) is 22.3. The Balaban J connectivity index is 1.40. The highest BCUT2D eigenvalue weighted by Crippen LogP contribution is 2.38. The van der Waals surface area contributed by atoms with Gasteiger partial charge in [-0.1, -0.05) is 68.4 Å². The lowest BCUT2D eigenvalue weighted by atomic mass is 9.87. The van der Waals surface area contributed by atoms with Gasteiger partial charge in [0.15, 0.2) is 17.3 Å². The maximum absolute atomic E-state index is 12.5. The van der Waals surface area contributed by atoms with Crippen molar-refractivity contribution in [3.05, 3.63) is 47.0 Å². The number of anilines is 1. The van der Waals surface area contributed by atoms with Crippen LogP contribution < -0.4 is 20.6 Å². The quantitative estimate of drug-likeness (QED) is 0.424. The van der Waals surface area contributed by atoms with Crippen LogP contribution in [0.15, 0.2) is 41.6 Å². The minimum absolute atomic E-state index is 0.0589. The summed E-state index contributed by atoms with van der Waals surface area (Å²) in [5.74, 6) is 7.66. The number of nitrogens with two attached hydrogens (primary N) is 1. The number of nitrogens with zero attached hydrogens (tertiary/aromatic N) is 3. The highest BCUT2D eigenvalue weighted by Gasteiger charge is 2.19. The van der Waals surface area contributed by atoms with Gasteiger partial charge in [0.25, 0.3) is 0 Å². The summed E-state index contributed by atoms with van der Waals surface area (Å²) >= 11 is 7.44. The summed E-state index contributed by atoms with van der Waals surface area (Å²) < 4.78 is 12.4. The van der Waals surface area contributed by atoms with Crippen LogP contribution >= 0.6 is 23.4 Å². The Morgan fingerprint density at radius 2 is 1.81 bits per heavy atom. The molecule has 0 saturated carbocycles. The number of ether oxygens (including phenoxy) is 2. The van der Waals surface area contributed by atoms with Crippen LogP contribution in [0.5, 0.6) is 11.5 Å².